The van der Waals surface area contributed by atoms with E-state index in [2.05, 4.69) is 149 Å². The number of aryl methyl sites for hydroxylation is 2. The highest BCUT2D eigenvalue weighted by Gasteiger charge is 2.23. The van der Waals surface area contributed by atoms with E-state index >= 15 is 0 Å². The van der Waals surface area contributed by atoms with Crippen LogP contribution in [0.2, 0.25) is 0 Å². The first-order valence-electron chi connectivity index (χ1n) is 21.7. The molecule has 14 heteroatoms. The largest absolute Gasteiger partial charge is 0.440 e. The van der Waals surface area contributed by atoms with Crippen molar-refractivity contribution in [3.05, 3.63) is 119 Å². The summed E-state index contributed by atoms with van der Waals surface area (Å²) >= 11 is 3.43. The number of aromatic nitrogens is 8. The maximum Gasteiger partial charge on any atom is 0.321 e. The van der Waals surface area contributed by atoms with Crippen LogP contribution in [0, 0.1) is 6.92 Å². The molecule has 4 aromatic carbocycles. The summed E-state index contributed by atoms with van der Waals surface area (Å²) in [4.78, 5) is 35.7. The molecule has 0 fully saturated rings. The van der Waals surface area contributed by atoms with Gasteiger partial charge in [-0.3, -0.25) is 0 Å². The smallest absolute Gasteiger partial charge is 0.321 e. The zero-order valence-corrected chi connectivity index (χ0v) is 42.5. The number of oxazole rings is 1. The van der Waals surface area contributed by atoms with Gasteiger partial charge in [-0.2, -0.15) is 5.10 Å². The maximum atomic E-state index is 11.6. The summed E-state index contributed by atoms with van der Waals surface area (Å²) in [5.74, 6) is 2.71. The van der Waals surface area contributed by atoms with Crippen molar-refractivity contribution in [1.29, 1.82) is 0 Å². The van der Waals surface area contributed by atoms with Gasteiger partial charge in [-0.05, 0) is 67.6 Å². The first-order chi connectivity index (χ1) is 30.3. The Morgan fingerprint density at radius 1 is 0.646 bits per heavy atom. The third-order valence-electron chi connectivity index (χ3n) is 9.97. The number of para-hydroxylation sites is 4. The molecule has 0 atom stereocenters. The second kappa shape index (κ2) is 18.9. The minimum atomic E-state index is -0.125. The fourth-order valence-corrected chi connectivity index (χ4v) is 8.53. The molecule has 1 N–H and O–H groups in total. The zero-order chi connectivity index (χ0) is 47.6. The van der Waals surface area contributed by atoms with E-state index < -0.39 is 0 Å². The molecule has 2 amide bonds. The van der Waals surface area contributed by atoms with Crippen LogP contribution in [0.25, 0.3) is 48.3 Å². The summed E-state index contributed by atoms with van der Waals surface area (Å²) in [7, 11) is 5.52. The third kappa shape index (κ3) is 12.0. The van der Waals surface area contributed by atoms with Gasteiger partial charge in [0, 0.05) is 48.5 Å². The van der Waals surface area contributed by atoms with E-state index in [4.69, 9.17) is 9.40 Å². The van der Waals surface area contributed by atoms with Crippen molar-refractivity contribution in [2.24, 2.45) is 7.05 Å². The number of hydrogen-bond acceptors (Lipinski definition) is 10. The SMILES string of the molecule is CC(C)(C)c1nc2ccccc2o1.CN(C)C(=O)Nc1ccc2nc(C(C)(C)C)sc2c1.Cc1ncn(-c2ccc3nc(C(C)(C)C)sc3c2)n1.Cn1c(C(C)(C)C)nc2ccccc21. The topological polar surface area (TPSA) is 133 Å². The van der Waals surface area contributed by atoms with E-state index in [-0.39, 0.29) is 27.7 Å². The van der Waals surface area contributed by atoms with E-state index in [1.807, 2.05) is 67.6 Å². The molecular weight excluding hydrogens is 849 g/mol. The summed E-state index contributed by atoms with van der Waals surface area (Å²) in [5.41, 5.74) is 8.19. The van der Waals surface area contributed by atoms with E-state index in [0.29, 0.717) is 0 Å². The van der Waals surface area contributed by atoms with E-state index in [1.165, 1.54) is 15.1 Å². The van der Waals surface area contributed by atoms with Crippen LogP contribution in [0.1, 0.15) is 111 Å². The van der Waals surface area contributed by atoms with Gasteiger partial charge >= 0.3 is 6.03 Å². The van der Waals surface area contributed by atoms with Gasteiger partial charge in [0.2, 0.25) is 5.89 Å². The van der Waals surface area contributed by atoms with Gasteiger partial charge in [0.15, 0.2) is 5.58 Å². The zero-order valence-electron chi connectivity index (χ0n) is 40.8. The number of fused-ring (bicyclic) bond motifs is 4. The number of hydrogen-bond donors (Lipinski definition) is 1. The second-order valence-electron chi connectivity index (χ2n) is 20.4. The van der Waals surface area contributed by atoms with Gasteiger partial charge in [0.05, 0.1) is 47.2 Å². The Balaban J connectivity index is 0.000000145. The Morgan fingerprint density at radius 3 is 1.74 bits per heavy atom. The van der Waals surface area contributed by atoms with Gasteiger partial charge in [-0.25, -0.2) is 34.4 Å². The van der Waals surface area contributed by atoms with Crippen LogP contribution in [-0.4, -0.2) is 64.3 Å². The lowest BCUT2D eigenvalue weighted by atomic mass is 9.96. The molecule has 0 aliphatic heterocycles. The highest BCUT2D eigenvalue weighted by molar-refractivity contribution is 7.19. The third-order valence-corrected chi connectivity index (χ3v) is 12.9. The van der Waals surface area contributed by atoms with Crippen LogP contribution in [0.4, 0.5) is 10.5 Å². The van der Waals surface area contributed by atoms with Crippen LogP contribution in [-0.2, 0) is 28.7 Å². The molecule has 0 spiro atoms. The minimum Gasteiger partial charge on any atom is -0.440 e. The lowest BCUT2D eigenvalue weighted by Crippen LogP contribution is -2.27. The van der Waals surface area contributed by atoms with Gasteiger partial charge < -0.3 is 19.2 Å². The number of anilines is 1. The number of carbonyl (C=O) groups is 1. The lowest BCUT2D eigenvalue weighted by molar-refractivity contribution is 0.230. The molecule has 9 rings (SSSR count). The Hall–Kier alpha value is -5.99. The van der Waals surface area contributed by atoms with E-state index in [9.17, 15) is 4.79 Å². The van der Waals surface area contributed by atoms with Crippen molar-refractivity contribution in [3.8, 4) is 5.69 Å². The van der Waals surface area contributed by atoms with E-state index in [1.54, 1.807) is 47.8 Å². The maximum absolute atomic E-state index is 11.6. The van der Waals surface area contributed by atoms with Crippen LogP contribution in [0.5, 0.6) is 0 Å². The number of nitrogens with one attached hydrogen (secondary N) is 1. The molecule has 342 valence electrons. The quantitative estimate of drug-likeness (QED) is 0.181. The Bertz CT molecular complexity index is 3020. The first kappa shape index (κ1) is 48.5. The van der Waals surface area contributed by atoms with Crippen LogP contribution < -0.4 is 5.32 Å². The van der Waals surface area contributed by atoms with Crippen LogP contribution in [0.3, 0.4) is 0 Å². The first-order valence-corrected chi connectivity index (χ1v) is 23.4. The molecule has 5 aromatic heterocycles. The molecule has 0 bridgehead atoms. The molecule has 12 nitrogen and oxygen atoms in total. The fraction of sp³-hybridized carbons (Fsp3) is 0.392. The lowest BCUT2D eigenvalue weighted by Gasteiger charge is -2.17. The Labute approximate surface area is 391 Å². The molecule has 0 radical (unpaired) electrons. The van der Waals surface area contributed by atoms with Gasteiger partial charge in [0.1, 0.15) is 23.5 Å². The van der Waals surface area contributed by atoms with Crippen molar-refractivity contribution in [1.82, 2.24) is 44.2 Å². The normalized spacial score (nSPS) is 12.1. The average Bonchev–Trinajstić information content (AvgIpc) is 4.07. The van der Waals surface area contributed by atoms with Crippen molar-refractivity contribution in [2.45, 2.75) is 112 Å². The number of rotatable bonds is 2. The Morgan fingerprint density at radius 2 is 1.22 bits per heavy atom. The predicted octanol–water partition coefficient (Wildman–Crippen LogP) is 13.2. The number of amides is 2. The fourth-order valence-electron chi connectivity index (χ4n) is 6.41. The molecule has 0 unspecified atom stereocenters. The molecule has 0 saturated carbocycles. The minimum absolute atomic E-state index is 0.0149. The van der Waals surface area contributed by atoms with Gasteiger partial charge in [-0.15, -0.1) is 22.7 Å². The summed E-state index contributed by atoms with van der Waals surface area (Å²) in [6.45, 7) is 27.8. The number of imidazole rings is 1. The summed E-state index contributed by atoms with van der Waals surface area (Å²) in [6, 6.07) is 28.0. The predicted molar refractivity (Wildman–Crippen MR) is 271 cm³/mol. The highest BCUT2D eigenvalue weighted by Crippen LogP contribution is 2.34. The summed E-state index contributed by atoms with van der Waals surface area (Å²) in [6.07, 6.45) is 1.74. The van der Waals surface area contributed by atoms with Crippen molar-refractivity contribution in [3.63, 3.8) is 0 Å². The summed E-state index contributed by atoms with van der Waals surface area (Å²) < 4.78 is 11.9. The molecule has 0 aliphatic rings. The number of benzene rings is 4. The molecule has 9 aromatic rings. The average molecular weight is 913 g/mol. The monoisotopic (exact) mass is 912 g/mol. The molecule has 0 saturated heterocycles. The molecule has 0 aliphatic carbocycles. The van der Waals surface area contributed by atoms with E-state index in [0.717, 1.165) is 71.3 Å². The number of urea groups is 1. The molecule has 65 heavy (non-hydrogen) atoms. The number of nitrogens with zero attached hydrogens (tertiary/aromatic N) is 9. The molecule has 5 heterocycles. The highest BCUT2D eigenvalue weighted by atomic mass is 32.1. The number of thiazole rings is 2. The number of carbonyl (C=O) groups excluding carboxylic acids is 1. The second-order valence-corrected chi connectivity index (χ2v) is 22.5. The van der Waals surface area contributed by atoms with Crippen LogP contribution in [0.15, 0.2) is 95.7 Å². The van der Waals surface area contributed by atoms with Crippen molar-refractivity contribution >= 4 is 77.0 Å². The molecular formula is C51H64N10O2S2. The van der Waals surface area contributed by atoms with Crippen molar-refractivity contribution < 1.29 is 9.21 Å². The van der Waals surface area contributed by atoms with Gasteiger partial charge in [-0.1, -0.05) is 107 Å². The van der Waals surface area contributed by atoms with Gasteiger partial charge in [0.25, 0.3) is 0 Å². The van der Waals surface area contributed by atoms with Crippen LogP contribution >= 0.6 is 22.7 Å². The standard InChI is InChI=1S/C14H16N4S.C14H19N3OS.C12H16N2.C11H13NO/c1-9-15-8-18(17-9)10-5-6-11-12(7-10)19-13(16-11)14(2,3)4;1-14(2,3)12-16-10-7-6-9(8-11(10)19-12)15-13(18)17(4)5;1-12(2,3)11-13-9-7-5-6-8-10(9)14(11)4;1-11(2,3)10-12-8-6-4-5-7-9(8)13-10/h5-8H,1-4H3;6-8H,1-5H3,(H,15,18);5-8H,1-4H3;4-7H,1-3H3. The Kier molecular flexibility index (Phi) is 14.1. The van der Waals surface area contributed by atoms with Crippen molar-refractivity contribution in [2.75, 3.05) is 19.4 Å². The summed E-state index contributed by atoms with van der Waals surface area (Å²) in [5, 5.41) is 9.45.